The van der Waals surface area contributed by atoms with E-state index in [4.69, 9.17) is 22.1 Å². The highest BCUT2D eigenvalue weighted by Crippen LogP contribution is 2.45. The van der Waals surface area contributed by atoms with E-state index in [1.54, 1.807) is 12.0 Å². The van der Waals surface area contributed by atoms with Crippen LogP contribution in [0.5, 0.6) is 5.75 Å². The van der Waals surface area contributed by atoms with E-state index in [-0.39, 0.29) is 29.7 Å². The maximum atomic E-state index is 12.7. The molecule has 1 aromatic heterocycles. The molecule has 1 amide bonds. The van der Waals surface area contributed by atoms with Crippen molar-refractivity contribution in [3.05, 3.63) is 41.1 Å². The van der Waals surface area contributed by atoms with Crippen molar-refractivity contribution in [2.24, 2.45) is 23.5 Å². The molecule has 0 saturated heterocycles. The van der Waals surface area contributed by atoms with E-state index in [9.17, 15) is 14.7 Å². The molecule has 5 atom stereocenters. The third-order valence-electron chi connectivity index (χ3n) is 7.37. The molecule has 2 bridgehead atoms. The number of allylic oxidation sites excluding steroid dienone is 1. The number of carbonyl (C=O) groups is 2. The maximum Gasteiger partial charge on any atom is 0.309 e. The molecule has 36 heavy (non-hydrogen) atoms. The molecule has 0 spiro atoms. The number of benzene rings is 1. The van der Waals surface area contributed by atoms with Gasteiger partial charge in [-0.2, -0.15) is 4.98 Å². The number of carboxylic acids is 1. The summed E-state index contributed by atoms with van der Waals surface area (Å²) in [6.07, 6.45) is 7.42. The van der Waals surface area contributed by atoms with Gasteiger partial charge in [-0.25, -0.2) is 4.98 Å². The van der Waals surface area contributed by atoms with Gasteiger partial charge in [-0.3, -0.25) is 9.59 Å². The quantitative estimate of drug-likeness (QED) is 0.411. The van der Waals surface area contributed by atoms with Crippen molar-refractivity contribution in [3.63, 3.8) is 0 Å². The van der Waals surface area contributed by atoms with Crippen LogP contribution in [0.2, 0.25) is 5.02 Å². The molecule has 5 rings (SSSR count). The van der Waals surface area contributed by atoms with Crippen molar-refractivity contribution in [3.8, 4) is 5.75 Å². The van der Waals surface area contributed by atoms with E-state index in [2.05, 4.69) is 26.7 Å². The second-order valence-corrected chi connectivity index (χ2v) is 9.78. The van der Waals surface area contributed by atoms with Gasteiger partial charge in [0, 0.05) is 18.2 Å². The number of anilines is 4. The molecule has 1 aromatic carbocycles. The van der Waals surface area contributed by atoms with Gasteiger partial charge in [-0.1, -0.05) is 23.8 Å². The molecule has 2 aliphatic carbocycles. The van der Waals surface area contributed by atoms with Crippen LogP contribution in [-0.2, 0) is 16.0 Å². The van der Waals surface area contributed by atoms with E-state index < -0.39 is 17.9 Å². The minimum atomic E-state index is -0.832. The molecule has 1 aliphatic heterocycles. The molecule has 0 unspecified atom stereocenters. The number of carbonyl (C=O) groups excluding carboxylic acids is 1. The molecule has 2 heterocycles. The van der Waals surface area contributed by atoms with Crippen LogP contribution in [0, 0.1) is 17.8 Å². The third-order valence-corrected chi connectivity index (χ3v) is 7.65. The van der Waals surface area contributed by atoms with E-state index in [0.29, 0.717) is 41.7 Å². The van der Waals surface area contributed by atoms with Gasteiger partial charge >= 0.3 is 5.97 Å². The summed E-state index contributed by atoms with van der Waals surface area (Å²) < 4.78 is 5.76. The average molecular weight is 513 g/mol. The van der Waals surface area contributed by atoms with E-state index in [1.165, 1.54) is 6.20 Å². The number of aliphatic carboxylic acids is 1. The zero-order chi connectivity index (χ0) is 25.6. The number of likely N-dealkylation sites (N-methyl/N-ethyl adjacent to an activating group) is 1. The number of nitrogens with one attached hydrogen (secondary N) is 2. The van der Waals surface area contributed by atoms with Gasteiger partial charge in [0.15, 0.2) is 5.82 Å². The third kappa shape index (κ3) is 4.14. The van der Waals surface area contributed by atoms with E-state index in [0.717, 1.165) is 17.7 Å². The number of methoxy groups -OCH3 is 1. The summed E-state index contributed by atoms with van der Waals surface area (Å²) in [5, 5.41) is 16.5. The van der Waals surface area contributed by atoms with Crippen molar-refractivity contribution < 1.29 is 19.4 Å². The first-order chi connectivity index (χ1) is 17.3. The van der Waals surface area contributed by atoms with Crippen LogP contribution in [0.1, 0.15) is 25.3 Å². The lowest BCUT2D eigenvalue weighted by atomic mass is 9.89. The molecule has 5 N–H and O–H groups in total. The minimum absolute atomic E-state index is 0.00901. The Kier molecular flexibility index (Phi) is 6.48. The molecular weight excluding hydrogens is 484 g/mol. The summed E-state index contributed by atoms with van der Waals surface area (Å²) in [5.41, 5.74) is 8.40. The number of nitrogens with two attached hydrogens (primary N) is 1. The van der Waals surface area contributed by atoms with Gasteiger partial charge in [0.05, 0.1) is 36.6 Å². The topological polar surface area (TPSA) is 143 Å². The van der Waals surface area contributed by atoms with Crippen LogP contribution in [0.3, 0.4) is 0 Å². The second-order valence-electron chi connectivity index (χ2n) is 9.37. The summed E-state index contributed by atoms with van der Waals surface area (Å²) in [6, 6.07) is 2.81. The number of rotatable bonds is 7. The fourth-order valence-electron chi connectivity index (χ4n) is 5.67. The molecule has 11 heteroatoms. The molecule has 0 radical (unpaired) electrons. The van der Waals surface area contributed by atoms with Crippen LogP contribution in [-0.4, -0.2) is 52.7 Å². The molecule has 1 saturated carbocycles. The lowest BCUT2D eigenvalue weighted by Crippen LogP contribution is -2.42. The SMILES string of the molecule is CCN1C(=O)[C@@H](N)CCc2c1ccc(Nc1ncc(Cl)c(N[C@H]3[C@@H](C(=O)O)[C@@H]4C=C[C@H]3C4)n1)c2OC. The molecule has 10 nitrogen and oxygen atoms in total. The fourth-order valence-corrected chi connectivity index (χ4v) is 5.82. The largest absolute Gasteiger partial charge is 0.494 e. The number of ether oxygens (including phenoxy) is 1. The van der Waals surface area contributed by atoms with Crippen molar-refractivity contribution >= 4 is 46.6 Å². The normalized spacial score (nSPS) is 26.5. The summed E-state index contributed by atoms with van der Waals surface area (Å²) in [7, 11) is 1.58. The first-order valence-electron chi connectivity index (χ1n) is 12.1. The van der Waals surface area contributed by atoms with Crippen LogP contribution in [0.25, 0.3) is 0 Å². The number of hydrogen-bond acceptors (Lipinski definition) is 8. The Morgan fingerprint density at radius 3 is 2.83 bits per heavy atom. The number of nitrogens with zero attached hydrogens (tertiary/aromatic N) is 3. The highest BCUT2D eigenvalue weighted by molar-refractivity contribution is 6.32. The van der Waals surface area contributed by atoms with Crippen LogP contribution in [0.15, 0.2) is 30.5 Å². The van der Waals surface area contributed by atoms with E-state index in [1.807, 2.05) is 25.1 Å². The summed E-state index contributed by atoms with van der Waals surface area (Å²) in [6.45, 7) is 2.41. The van der Waals surface area contributed by atoms with Crippen LogP contribution < -0.4 is 26.0 Å². The van der Waals surface area contributed by atoms with Crippen molar-refractivity contribution in [1.29, 1.82) is 0 Å². The minimum Gasteiger partial charge on any atom is -0.494 e. The predicted octanol–water partition coefficient (Wildman–Crippen LogP) is 3.20. The monoisotopic (exact) mass is 512 g/mol. The van der Waals surface area contributed by atoms with Gasteiger partial charge in [-0.15, -0.1) is 0 Å². The number of halogens is 1. The highest BCUT2D eigenvalue weighted by Gasteiger charge is 2.48. The Hall–Kier alpha value is -3.37. The maximum absolute atomic E-state index is 12.7. The van der Waals surface area contributed by atoms with Crippen LogP contribution in [0.4, 0.5) is 23.1 Å². The summed E-state index contributed by atoms with van der Waals surface area (Å²) >= 11 is 6.38. The zero-order valence-corrected chi connectivity index (χ0v) is 20.8. The molecule has 3 aliphatic rings. The molecule has 1 fully saturated rings. The first-order valence-corrected chi connectivity index (χ1v) is 12.4. The standard InChI is InChI=1S/C25H29ClN6O4/c1-3-32-18-9-8-17(21(36-2)14(18)6-7-16(27)23(32)33)29-25-28-11-15(26)22(31-25)30-20-13-5-4-12(10-13)19(20)24(34)35/h4-5,8-9,11-13,16,19-20H,3,6-7,10,27H2,1-2H3,(H,34,35)(H2,28,29,30,31)/t12-,13+,16+,19+,20-/m1/s1. The smallest absolute Gasteiger partial charge is 0.309 e. The highest BCUT2D eigenvalue weighted by atomic mass is 35.5. The van der Waals surface area contributed by atoms with Gasteiger partial charge in [0.25, 0.3) is 0 Å². The zero-order valence-electron chi connectivity index (χ0n) is 20.1. The molecular formula is C25H29ClN6O4. The van der Waals surface area contributed by atoms with Crippen molar-refractivity contribution in [2.45, 2.75) is 38.3 Å². The Morgan fingerprint density at radius 2 is 2.11 bits per heavy atom. The second kappa shape index (κ2) is 9.59. The number of hydrogen-bond donors (Lipinski definition) is 4. The van der Waals surface area contributed by atoms with Gasteiger partial charge < -0.3 is 31.1 Å². The molecule has 2 aromatic rings. The van der Waals surface area contributed by atoms with Crippen molar-refractivity contribution in [2.75, 3.05) is 29.2 Å². The van der Waals surface area contributed by atoms with Gasteiger partial charge in [-0.05, 0) is 50.2 Å². The first kappa shape index (κ1) is 24.3. The number of fused-ring (bicyclic) bond motifs is 3. The Morgan fingerprint density at radius 1 is 1.33 bits per heavy atom. The van der Waals surface area contributed by atoms with E-state index >= 15 is 0 Å². The molecule has 190 valence electrons. The lowest BCUT2D eigenvalue weighted by molar-refractivity contribution is -0.142. The number of aromatic nitrogens is 2. The predicted molar refractivity (Wildman–Crippen MR) is 137 cm³/mol. The number of amides is 1. The number of carboxylic acid groups (broad SMARTS) is 1. The summed E-state index contributed by atoms with van der Waals surface area (Å²) in [5.74, 6) is -0.123. The van der Waals surface area contributed by atoms with Gasteiger partial charge in [0.1, 0.15) is 10.8 Å². The Labute approximate surface area is 213 Å². The van der Waals surface area contributed by atoms with Crippen LogP contribution >= 0.6 is 11.6 Å². The van der Waals surface area contributed by atoms with Gasteiger partial charge in [0.2, 0.25) is 11.9 Å². The summed E-state index contributed by atoms with van der Waals surface area (Å²) in [4.78, 5) is 35.1. The Bertz CT molecular complexity index is 1240. The Balaban J connectivity index is 1.44. The fraction of sp³-hybridized carbons (Fsp3) is 0.440. The van der Waals surface area contributed by atoms with Crippen molar-refractivity contribution in [1.82, 2.24) is 9.97 Å². The lowest BCUT2D eigenvalue weighted by Gasteiger charge is -2.27. The average Bonchev–Trinajstić information content (AvgIpc) is 3.44.